The summed E-state index contributed by atoms with van der Waals surface area (Å²) in [5, 5.41) is 6.77. The topological polar surface area (TPSA) is 54.7 Å². The maximum Gasteiger partial charge on any atom is 0.0880 e. The normalized spacial score (nSPS) is 10.4. The molecule has 0 fully saturated rings. The number of nitrogens with two attached hydrogens (primary N) is 1. The molecule has 1 aromatic heterocycles. The Morgan fingerprint density at radius 3 is 2.79 bits per heavy atom. The third kappa shape index (κ3) is 1.53. The van der Waals surface area contributed by atoms with Crippen LogP contribution in [0.1, 0.15) is 5.56 Å². The van der Waals surface area contributed by atoms with Crippen molar-refractivity contribution in [2.24, 2.45) is 0 Å². The highest BCUT2D eigenvalue weighted by molar-refractivity contribution is 9.10. The van der Waals surface area contributed by atoms with E-state index in [2.05, 4.69) is 32.2 Å². The van der Waals surface area contributed by atoms with Crippen LogP contribution >= 0.6 is 15.9 Å². The third-order valence-electron chi connectivity index (χ3n) is 2.12. The lowest BCUT2D eigenvalue weighted by Gasteiger charge is -2.02. The second-order valence-electron chi connectivity index (χ2n) is 3.16. The van der Waals surface area contributed by atoms with Gasteiger partial charge in [-0.3, -0.25) is 5.10 Å². The van der Waals surface area contributed by atoms with Crippen molar-refractivity contribution >= 4 is 21.6 Å². The Balaban J connectivity index is 2.53. The molecule has 0 amide bonds. The van der Waals surface area contributed by atoms with Crippen molar-refractivity contribution in [3.05, 3.63) is 34.4 Å². The number of H-pyrrole nitrogens is 1. The highest BCUT2D eigenvalue weighted by Crippen LogP contribution is 2.26. The molecule has 0 unspecified atom stereocenters. The van der Waals surface area contributed by atoms with E-state index >= 15 is 0 Å². The number of hydrogen-bond donors (Lipinski definition) is 2. The molecule has 2 rings (SSSR count). The molecule has 0 spiro atoms. The summed E-state index contributed by atoms with van der Waals surface area (Å²) in [6, 6.07) is 6.07. The van der Waals surface area contributed by atoms with E-state index in [0.717, 1.165) is 15.7 Å². The Morgan fingerprint density at radius 1 is 1.43 bits per heavy atom. The number of benzene rings is 1. The maximum atomic E-state index is 5.76. The summed E-state index contributed by atoms with van der Waals surface area (Å²) in [7, 11) is 0. The van der Waals surface area contributed by atoms with Crippen LogP contribution in [0.2, 0.25) is 0 Å². The van der Waals surface area contributed by atoms with Crippen molar-refractivity contribution in [2.45, 2.75) is 6.92 Å². The summed E-state index contributed by atoms with van der Waals surface area (Å²) in [6.45, 7) is 2.04. The second kappa shape index (κ2) is 3.46. The van der Waals surface area contributed by atoms with Crippen molar-refractivity contribution in [3.63, 3.8) is 0 Å². The Labute approximate surface area is 90.5 Å². The SMILES string of the molecule is Cc1cc(-c2[nH]ncc2N)ccc1Br. The van der Waals surface area contributed by atoms with Crippen molar-refractivity contribution < 1.29 is 0 Å². The van der Waals surface area contributed by atoms with E-state index < -0.39 is 0 Å². The molecule has 0 bridgehead atoms. The summed E-state index contributed by atoms with van der Waals surface area (Å²) in [4.78, 5) is 0. The minimum Gasteiger partial charge on any atom is -0.396 e. The minimum absolute atomic E-state index is 0.673. The van der Waals surface area contributed by atoms with Crippen LogP contribution in [0.4, 0.5) is 5.69 Å². The van der Waals surface area contributed by atoms with E-state index in [-0.39, 0.29) is 0 Å². The summed E-state index contributed by atoms with van der Waals surface area (Å²) < 4.78 is 1.10. The zero-order valence-electron chi connectivity index (χ0n) is 7.71. The molecular weight excluding hydrogens is 242 g/mol. The van der Waals surface area contributed by atoms with Crippen molar-refractivity contribution in [1.29, 1.82) is 0 Å². The molecule has 72 valence electrons. The van der Waals surface area contributed by atoms with Gasteiger partial charge in [0.1, 0.15) is 0 Å². The number of nitrogens with zero attached hydrogens (tertiary/aromatic N) is 1. The van der Waals surface area contributed by atoms with Crippen LogP contribution in [-0.2, 0) is 0 Å². The van der Waals surface area contributed by atoms with Crippen molar-refractivity contribution in [1.82, 2.24) is 10.2 Å². The van der Waals surface area contributed by atoms with E-state index in [9.17, 15) is 0 Å². The van der Waals surface area contributed by atoms with E-state index in [4.69, 9.17) is 5.73 Å². The molecule has 3 N–H and O–H groups in total. The van der Waals surface area contributed by atoms with Gasteiger partial charge in [0.05, 0.1) is 17.6 Å². The van der Waals surface area contributed by atoms with Crippen LogP contribution in [0.25, 0.3) is 11.3 Å². The van der Waals surface area contributed by atoms with Crippen LogP contribution < -0.4 is 5.73 Å². The molecule has 1 heterocycles. The first-order chi connectivity index (χ1) is 6.68. The van der Waals surface area contributed by atoms with Crippen LogP contribution in [0, 0.1) is 6.92 Å². The molecule has 0 aliphatic heterocycles. The number of anilines is 1. The van der Waals surface area contributed by atoms with Gasteiger partial charge < -0.3 is 5.73 Å². The van der Waals surface area contributed by atoms with Crippen LogP contribution in [0.3, 0.4) is 0 Å². The smallest absolute Gasteiger partial charge is 0.0880 e. The third-order valence-corrected chi connectivity index (χ3v) is 3.01. The molecule has 14 heavy (non-hydrogen) atoms. The average Bonchev–Trinajstić information content (AvgIpc) is 2.57. The first-order valence-corrected chi connectivity index (χ1v) is 5.03. The van der Waals surface area contributed by atoms with E-state index in [1.54, 1.807) is 6.20 Å². The lowest BCUT2D eigenvalue weighted by Crippen LogP contribution is -1.87. The van der Waals surface area contributed by atoms with E-state index in [1.165, 1.54) is 5.56 Å². The first-order valence-electron chi connectivity index (χ1n) is 4.24. The molecule has 0 aliphatic rings. The van der Waals surface area contributed by atoms with Crippen molar-refractivity contribution in [3.8, 4) is 11.3 Å². The molecule has 0 saturated heterocycles. The summed E-state index contributed by atoms with van der Waals surface area (Å²) in [5.74, 6) is 0. The molecule has 0 saturated carbocycles. The summed E-state index contributed by atoms with van der Waals surface area (Å²) in [5.41, 5.74) is 9.54. The summed E-state index contributed by atoms with van der Waals surface area (Å²) in [6.07, 6.45) is 1.62. The van der Waals surface area contributed by atoms with Gasteiger partial charge >= 0.3 is 0 Å². The highest BCUT2D eigenvalue weighted by Gasteiger charge is 2.05. The lowest BCUT2D eigenvalue weighted by atomic mass is 10.1. The number of aromatic nitrogens is 2. The number of aromatic amines is 1. The first kappa shape index (κ1) is 9.27. The molecular formula is C10H10BrN3. The Morgan fingerprint density at radius 2 is 2.21 bits per heavy atom. The minimum atomic E-state index is 0.673. The Hall–Kier alpha value is -1.29. The van der Waals surface area contributed by atoms with E-state index in [1.807, 2.05) is 19.1 Å². The van der Waals surface area contributed by atoms with Crippen LogP contribution in [0.5, 0.6) is 0 Å². The standard InChI is InChI=1S/C10H10BrN3/c1-6-4-7(2-3-8(6)11)10-9(12)5-13-14-10/h2-5H,12H2,1H3,(H,13,14). The molecule has 1 aromatic carbocycles. The predicted molar refractivity (Wildman–Crippen MR) is 60.9 cm³/mol. The van der Waals surface area contributed by atoms with Crippen molar-refractivity contribution in [2.75, 3.05) is 5.73 Å². The number of halogens is 1. The fourth-order valence-electron chi connectivity index (χ4n) is 1.33. The quantitative estimate of drug-likeness (QED) is 0.819. The molecule has 0 aliphatic carbocycles. The van der Waals surface area contributed by atoms with Gasteiger partial charge in [0.15, 0.2) is 0 Å². The monoisotopic (exact) mass is 251 g/mol. The number of rotatable bonds is 1. The number of nitrogen functional groups attached to an aromatic ring is 1. The van der Waals surface area contributed by atoms with Crippen LogP contribution in [0.15, 0.2) is 28.9 Å². The van der Waals surface area contributed by atoms with Gasteiger partial charge in [0.25, 0.3) is 0 Å². The zero-order chi connectivity index (χ0) is 10.1. The Kier molecular flexibility index (Phi) is 2.29. The molecule has 0 atom stereocenters. The number of aryl methyl sites for hydroxylation is 1. The Bertz CT molecular complexity index is 462. The molecule has 3 nitrogen and oxygen atoms in total. The van der Waals surface area contributed by atoms with Gasteiger partial charge in [0.2, 0.25) is 0 Å². The molecule has 2 aromatic rings. The maximum absolute atomic E-state index is 5.76. The number of nitrogens with one attached hydrogen (secondary N) is 1. The van der Waals surface area contributed by atoms with Gasteiger partial charge in [-0.15, -0.1) is 0 Å². The fourth-order valence-corrected chi connectivity index (χ4v) is 1.57. The fraction of sp³-hybridized carbons (Fsp3) is 0.100. The van der Waals surface area contributed by atoms with E-state index in [0.29, 0.717) is 5.69 Å². The van der Waals surface area contributed by atoms with Gasteiger partial charge in [-0.2, -0.15) is 5.10 Å². The van der Waals surface area contributed by atoms with Gasteiger partial charge in [-0.05, 0) is 24.6 Å². The summed E-state index contributed by atoms with van der Waals surface area (Å²) >= 11 is 3.45. The zero-order valence-corrected chi connectivity index (χ0v) is 9.30. The van der Waals surface area contributed by atoms with Gasteiger partial charge in [0, 0.05) is 10.0 Å². The second-order valence-corrected chi connectivity index (χ2v) is 4.02. The largest absolute Gasteiger partial charge is 0.396 e. The number of hydrogen-bond acceptors (Lipinski definition) is 2. The predicted octanol–water partition coefficient (Wildman–Crippen LogP) is 2.73. The average molecular weight is 252 g/mol. The lowest BCUT2D eigenvalue weighted by molar-refractivity contribution is 1.09. The molecule has 4 heteroatoms. The van der Waals surface area contributed by atoms with Gasteiger partial charge in [-0.1, -0.05) is 22.0 Å². The van der Waals surface area contributed by atoms with Gasteiger partial charge in [-0.25, -0.2) is 0 Å². The highest BCUT2D eigenvalue weighted by atomic mass is 79.9. The molecule has 0 radical (unpaired) electrons. The van der Waals surface area contributed by atoms with Crippen LogP contribution in [-0.4, -0.2) is 10.2 Å².